The topological polar surface area (TPSA) is 41.6 Å². The van der Waals surface area contributed by atoms with Crippen molar-refractivity contribution < 1.29 is 9.53 Å². The molecule has 2 aliphatic heterocycles. The molecule has 1 aromatic rings. The van der Waals surface area contributed by atoms with Gasteiger partial charge in [0.05, 0.1) is 6.10 Å². The molecule has 1 amide bonds. The lowest BCUT2D eigenvalue weighted by molar-refractivity contribution is -0.122. The van der Waals surface area contributed by atoms with Crippen LogP contribution in [0.1, 0.15) is 32.1 Å². The zero-order chi connectivity index (χ0) is 15.4. The molecule has 2 fully saturated rings. The molecular weight excluding hydrogens is 300 g/mol. The quantitative estimate of drug-likeness (QED) is 0.906. The van der Waals surface area contributed by atoms with E-state index in [0.717, 1.165) is 56.1 Å². The summed E-state index contributed by atoms with van der Waals surface area (Å²) in [7, 11) is 0. The van der Waals surface area contributed by atoms with E-state index in [0.29, 0.717) is 6.42 Å². The minimum absolute atomic E-state index is 0.147. The number of rotatable bonds is 5. The van der Waals surface area contributed by atoms with Gasteiger partial charge in [0, 0.05) is 42.9 Å². The van der Waals surface area contributed by atoms with Crippen LogP contribution in [-0.2, 0) is 9.53 Å². The van der Waals surface area contributed by atoms with Gasteiger partial charge in [0.2, 0.25) is 5.91 Å². The Morgan fingerprint density at radius 2 is 2.32 bits per heavy atom. The highest BCUT2D eigenvalue weighted by Crippen LogP contribution is 2.23. The number of carbonyl (C=O) groups is 1. The second-order valence-electron chi connectivity index (χ2n) is 6.15. The summed E-state index contributed by atoms with van der Waals surface area (Å²) in [6.07, 6.45) is 4.91. The molecule has 0 aliphatic carbocycles. The zero-order valence-corrected chi connectivity index (χ0v) is 13.5. The molecule has 2 aliphatic rings. The van der Waals surface area contributed by atoms with E-state index in [1.165, 1.54) is 0 Å². The second-order valence-corrected chi connectivity index (χ2v) is 6.59. The first-order valence-corrected chi connectivity index (χ1v) is 8.50. The molecule has 1 N–H and O–H groups in total. The molecule has 0 unspecified atom stereocenters. The fourth-order valence-corrected chi connectivity index (χ4v) is 3.43. The monoisotopic (exact) mass is 322 g/mol. The number of hydrogen-bond donors (Lipinski definition) is 1. The molecule has 2 saturated heterocycles. The number of carbonyl (C=O) groups excluding carboxylic acids is 1. The molecular formula is C17H23ClN2O2. The first-order chi connectivity index (χ1) is 10.7. The first kappa shape index (κ1) is 15.6. The van der Waals surface area contributed by atoms with Gasteiger partial charge in [0.25, 0.3) is 0 Å². The van der Waals surface area contributed by atoms with E-state index in [9.17, 15) is 4.79 Å². The maximum absolute atomic E-state index is 12.0. The fraction of sp³-hybridized carbons (Fsp3) is 0.588. The van der Waals surface area contributed by atoms with Gasteiger partial charge in [-0.05, 0) is 43.9 Å². The first-order valence-electron chi connectivity index (χ1n) is 8.12. The van der Waals surface area contributed by atoms with Crippen LogP contribution in [0.2, 0.25) is 5.02 Å². The maximum Gasteiger partial charge on any atom is 0.220 e. The molecule has 5 heteroatoms. The van der Waals surface area contributed by atoms with Crippen molar-refractivity contribution in [2.75, 3.05) is 24.6 Å². The highest BCUT2D eigenvalue weighted by molar-refractivity contribution is 6.30. The minimum Gasteiger partial charge on any atom is -0.378 e. The Bertz CT molecular complexity index is 517. The lowest BCUT2D eigenvalue weighted by Gasteiger charge is -2.19. The van der Waals surface area contributed by atoms with E-state index in [1.54, 1.807) is 0 Å². The van der Waals surface area contributed by atoms with E-state index in [1.807, 2.05) is 18.2 Å². The van der Waals surface area contributed by atoms with Crippen LogP contribution in [0.4, 0.5) is 5.69 Å². The van der Waals surface area contributed by atoms with Crippen LogP contribution >= 0.6 is 11.6 Å². The van der Waals surface area contributed by atoms with Gasteiger partial charge < -0.3 is 15.0 Å². The molecule has 120 valence electrons. The Hall–Kier alpha value is -1.26. The van der Waals surface area contributed by atoms with Crippen molar-refractivity contribution in [3.63, 3.8) is 0 Å². The van der Waals surface area contributed by atoms with Crippen LogP contribution in [0, 0.1) is 0 Å². The third-order valence-corrected chi connectivity index (χ3v) is 4.68. The van der Waals surface area contributed by atoms with Crippen molar-refractivity contribution in [2.24, 2.45) is 0 Å². The summed E-state index contributed by atoms with van der Waals surface area (Å²) in [5.41, 5.74) is 1.13. The smallest absolute Gasteiger partial charge is 0.220 e. The molecule has 2 atom stereocenters. The molecule has 2 heterocycles. The summed E-state index contributed by atoms with van der Waals surface area (Å²) in [5, 5.41) is 3.90. The molecule has 1 aromatic carbocycles. The molecule has 22 heavy (non-hydrogen) atoms. The highest BCUT2D eigenvalue weighted by atomic mass is 35.5. The molecule has 0 bridgehead atoms. The van der Waals surface area contributed by atoms with Gasteiger partial charge in [-0.25, -0.2) is 0 Å². The van der Waals surface area contributed by atoms with Crippen molar-refractivity contribution in [2.45, 2.75) is 44.2 Å². The van der Waals surface area contributed by atoms with Gasteiger partial charge in [0.15, 0.2) is 0 Å². The number of hydrogen-bond acceptors (Lipinski definition) is 3. The number of halogens is 1. The third kappa shape index (κ3) is 4.14. The van der Waals surface area contributed by atoms with Gasteiger partial charge in [0.1, 0.15) is 0 Å². The number of benzene rings is 1. The predicted molar refractivity (Wildman–Crippen MR) is 88.4 cm³/mol. The van der Waals surface area contributed by atoms with Crippen LogP contribution in [-0.4, -0.2) is 37.7 Å². The Morgan fingerprint density at radius 1 is 1.41 bits per heavy atom. The lowest BCUT2D eigenvalue weighted by Crippen LogP contribution is -2.37. The summed E-state index contributed by atoms with van der Waals surface area (Å²) in [6.45, 7) is 2.66. The fourth-order valence-electron chi connectivity index (χ4n) is 3.25. The summed E-state index contributed by atoms with van der Waals surface area (Å²) in [6, 6.07) is 8.11. The minimum atomic E-state index is 0.147. The lowest BCUT2D eigenvalue weighted by atomic mass is 10.1. The van der Waals surface area contributed by atoms with Crippen molar-refractivity contribution in [3.05, 3.63) is 29.3 Å². The van der Waals surface area contributed by atoms with Crippen molar-refractivity contribution in [1.82, 2.24) is 5.32 Å². The van der Waals surface area contributed by atoms with Crippen LogP contribution < -0.4 is 10.2 Å². The highest BCUT2D eigenvalue weighted by Gasteiger charge is 2.24. The largest absolute Gasteiger partial charge is 0.378 e. The third-order valence-electron chi connectivity index (χ3n) is 4.44. The van der Waals surface area contributed by atoms with Crippen LogP contribution in [0.5, 0.6) is 0 Å². The molecule has 0 radical (unpaired) electrons. The SMILES string of the molecule is O=C(CC[C@H]1CCCO1)N[C@H]1CCN(c2cccc(Cl)c2)C1. The van der Waals surface area contributed by atoms with E-state index in [4.69, 9.17) is 16.3 Å². The van der Waals surface area contributed by atoms with Gasteiger partial charge in [-0.1, -0.05) is 17.7 Å². The number of amides is 1. The van der Waals surface area contributed by atoms with Gasteiger partial charge in [-0.3, -0.25) is 4.79 Å². The second kappa shape index (κ2) is 7.34. The molecule has 3 rings (SSSR count). The van der Waals surface area contributed by atoms with Crippen molar-refractivity contribution in [1.29, 1.82) is 0 Å². The standard InChI is InChI=1S/C17H23ClN2O2/c18-13-3-1-4-15(11-13)20-9-8-14(12-20)19-17(21)7-6-16-5-2-10-22-16/h1,3-4,11,14,16H,2,5-10,12H2,(H,19,21)/t14-,16+/m0/s1. The average Bonchev–Trinajstić information content (AvgIpc) is 3.16. The Kier molecular flexibility index (Phi) is 5.21. The Labute approximate surface area is 136 Å². The molecule has 4 nitrogen and oxygen atoms in total. The van der Waals surface area contributed by atoms with Gasteiger partial charge in [-0.15, -0.1) is 0 Å². The number of ether oxygens (including phenoxy) is 1. The van der Waals surface area contributed by atoms with Crippen LogP contribution in [0.25, 0.3) is 0 Å². The molecule has 0 aromatic heterocycles. The van der Waals surface area contributed by atoms with Crippen LogP contribution in [0.15, 0.2) is 24.3 Å². The van der Waals surface area contributed by atoms with Gasteiger partial charge >= 0.3 is 0 Å². The van der Waals surface area contributed by atoms with Crippen LogP contribution in [0.3, 0.4) is 0 Å². The summed E-state index contributed by atoms with van der Waals surface area (Å²) < 4.78 is 5.56. The van der Waals surface area contributed by atoms with Crippen molar-refractivity contribution >= 4 is 23.2 Å². The van der Waals surface area contributed by atoms with E-state index >= 15 is 0 Å². The van der Waals surface area contributed by atoms with Crippen molar-refractivity contribution in [3.8, 4) is 0 Å². The predicted octanol–water partition coefficient (Wildman–Crippen LogP) is 2.99. The summed E-state index contributed by atoms with van der Waals surface area (Å²) >= 11 is 6.04. The Morgan fingerprint density at radius 3 is 3.09 bits per heavy atom. The van der Waals surface area contributed by atoms with Gasteiger partial charge in [-0.2, -0.15) is 0 Å². The summed E-state index contributed by atoms with van der Waals surface area (Å²) in [5.74, 6) is 0.147. The van der Waals surface area contributed by atoms with E-state index in [2.05, 4.69) is 16.3 Å². The molecule has 0 spiro atoms. The zero-order valence-electron chi connectivity index (χ0n) is 12.8. The van der Waals surface area contributed by atoms with E-state index < -0.39 is 0 Å². The number of anilines is 1. The maximum atomic E-state index is 12.0. The Balaban J connectivity index is 1.43. The van der Waals surface area contributed by atoms with E-state index in [-0.39, 0.29) is 18.1 Å². The average molecular weight is 323 g/mol. The molecule has 0 saturated carbocycles. The normalized spacial score (nSPS) is 24.7. The number of nitrogens with zero attached hydrogens (tertiary/aromatic N) is 1. The number of nitrogens with one attached hydrogen (secondary N) is 1. The summed E-state index contributed by atoms with van der Waals surface area (Å²) in [4.78, 5) is 14.3.